The third-order valence-corrected chi connectivity index (χ3v) is 4.32. The number of halogens is 1. The van der Waals surface area contributed by atoms with Crippen molar-refractivity contribution in [2.45, 2.75) is 45.6 Å². The van der Waals surface area contributed by atoms with Crippen molar-refractivity contribution in [1.82, 2.24) is 0 Å². The predicted octanol–water partition coefficient (Wildman–Crippen LogP) is 4.21. The Morgan fingerprint density at radius 1 is 1.76 bits per heavy atom. The summed E-state index contributed by atoms with van der Waals surface area (Å²) in [6, 6.07) is 0. The molecule has 0 unspecified atom stereocenters. The molecule has 0 aromatic carbocycles. The molecule has 2 atom stereocenters. The van der Waals surface area contributed by atoms with Crippen LogP contribution in [0.4, 0.5) is 0 Å². The zero-order valence-corrected chi connectivity index (χ0v) is 12.4. The van der Waals surface area contributed by atoms with Gasteiger partial charge in [0, 0.05) is 10.9 Å². The summed E-state index contributed by atoms with van der Waals surface area (Å²) in [5.41, 5.74) is -0.640. The highest BCUT2D eigenvalue weighted by molar-refractivity contribution is 9.11. The maximum absolute atomic E-state index is 11.5. The van der Waals surface area contributed by atoms with Crippen molar-refractivity contribution in [2.24, 2.45) is 11.8 Å². The van der Waals surface area contributed by atoms with E-state index in [1.165, 1.54) is 0 Å². The first-order chi connectivity index (χ1) is 7.95. The highest BCUT2D eigenvalue weighted by Gasteiger charge is 2.38. The largest absolute Gasteiger partial charge is 0.449 e. The fraction of sp³-hybridized carbons (Fsp3) is 0.643. The first kappa shape index (κ1) is 14.5. The van der Waals surface area contributed by atoms with Gasteiger partial charge in [0.2, 0.25) is 0 Å². The molecule has 1 rings (SSSR count). The Balaban J connectivity index is 2.92. The van der Waals surface area contributed by atoms with Gasteiger partial charge in [-0.3, -0.25) is 4.79 Å². The van der Waals surface area contributed by atoms with Crippen LogP contribution in [0.15, 0.2) is 23.2 Å². The Morgan fingerprint density at radius 3 is 2.82 bits per heavy atom. The number of hydrogen-bond donors (Lipinski definition) is 0. The van der Waals surface area contributed by atoms with Gasteiger partial charge >= 0.3 is 5.97 Å². The standard InChI is InChI=1S/C14H21BrO2/c1-5-13(16)17-14(6-2)8-7-11(10(3)4)9-12(14)15/h6,9-11H,2,5,7-8H2,1,3-4H3/t11-,14-/m0/s1. The van der Waals surface area contributed by atoms with Crippen LogP contribution in [-0.4, -0.2) is 11.6 Å². The molecule has 0 N–H and O–H groups in total. The Morgan fingerprint density at radius 2 is 2.41 bits per heavy atom. The first-order valence-electron chi connectivity index (χ1n) is 6.18. The average molecular weight is 301 g/mol. The minimum atomic E-state index is -0.640. The quantitative estimate of drug-likeness (QED) is 0.574. The van der Waals surface area contributed by atoms with Crippen LogP contribution in [0.2, 0.25) is 0 Å². The van der Waals surface area contributed by atoms with Gasteiger partial charge in [0.25, 0.3) is 0 Å². The molecule has 3 heteroatoms. The van der Waals surface area contributed by atoms with Gasteiger partial charge in [0.15, 0.2) is 5.60 Å². The second-order valence-corrected chi connectivity index (χ2v) is 5.74. The van der Waals surface area contributed by atoms with Crippen LogP contribution >= 0.6 is 15.9 Å². The van der Waals surface area contributed by atoms with E-state index in [0.29, 0.717) is 18.3 Å². The molecule has 0 aliphatic heterocycles. The maximum Gasteiger partial charge on any atom is 0.306 e. The summed E-state index contributed by atoms with van der Waals surface area (Å²) in [4.78, 5) is 11.5. The van der Waals surface area contributed by atoms with Crippen molar-refractivity contribution in [3.8, 4) is 0 Å². The summed E-state index contributed by atoms with van der Waals surface area (Å²) < 4.78 is 6.48. The van der Waals surface area contributed by atoms with Crippen molar-refractivity contribution in [3.63, 3.8) is 0 Å². The molecule has 0 spiro atoms. The van der Waals surface area contributed by atoms with Gasteiger partial charge in [0.1, 0.15) is 0 Å². The molecule has 0 amide bonds. The summed E-state index contributed by atoms with van der Waals surface area (Å²) >= 11 is 3.55. The maximum atomic E-state index is 11.5. The molecule has 0 heterocycles. The fourth-order valence-electron chi connectivity index (χ4n) is 2.05. The topological polar surface area (TPSA) is 26.3 Å². The summed E-state index contributed by atoms with van der Waals surface area (Å²) in [5.74, 6) is 0.961. The zero-order chi connectivity index (χ0) is 13.1. The molecule has 0 aromatic rings. The predicted molar refractivity (Wildman–Crippen MR) is 73.9 cm³/mol. The van der Waals surface area contributed by atoms with E-state index in [1.54, 1.807) is 13.0 Å². The Bertz CT molecular complexity index is 333. The number of rotatable bonds is 4. The lowest BCUT2D eigenvalue weighted by Crippen LogP contribution is -2.37. The molecule has 0 bridgehead atoms. The highest BCUT2D eigenvalue weighted by Crippen LogP contribution is 2.41. The van der Waals surface area contributed by atoms with Crippen LogP contribution in [0.5, 0.6) is 0 Å². The lowest BCUT2D eigenvalue weighted by Gasteiger charge is -2.36. The van der Waals surface area contributed by atoms with Crippen LogP contribution in [-0.2, 0) is 9.53 Å². The van der Waals surface area contributed by atoms with Crippen LogP contribution < -0.4 is 0 Å². The molecule has 0 radical (unpaired) electrons. The summed E-state index contributed by atoms with van der Waals surface area (Å²) in [5, 5.41) is 0. The number of ether oxygens (including phenoxy) is 1. The van der Waals surface area contributed by atoms with E-state index in [1.807, 2.05) is 0 Å². The van der Waals surface area contributed by atoms with Crippen LogP contribution in [0.3, 0.4) is 0 Å². The molecule has 0 saturated carbocycles. The van der Waals surface area contributed by atoms with Gasteiger partial charge in [-0.1, -0.05) is 49.4 Å². The molecule has 0 fully saturated rings. The second kappa shape index (κ2) is 5.85. The minimum absolute atomic E-state index is 0.182. The SMILES string of the molecule is C=C[C@]1(OC(=O)CC)CC[C@H](C(C)C)C=C1Br. The number of carbonyl (C=O) groups excluding carboxylic acids is 1. The summed E-state index contributed by atoms with van der Waals surface area (Å²) in [7, 11) is 0. The van der Waals surface area contributed by atoms with E-state index in [-0.39, 0.29) is 5.97 Å². The smallest absolute Gasteiger partial charge is 0.306 e. The van der Waals surface area contributed by atoms with E-state index >= 15 is 0 Å². The number of carbonyl (C=O) groups is 1. The Labute approximate surface area is 112 Å². The second-order valence-electron chi connectivity index (χ2n) is 4.88. The normalized spacial score (nSPS) is 28.8. The zero-order valence-electron chi connectivity index (χ0n) is 10.8. The number of hydrogen-bond acceptors (Lipinski definition) is 2. The molecule has 96 valence electrons. The van der Waals surface area contributed by atoms with Crippen molar-refractivity contribution in [3.05, 3.63) is 23.2 Å². The van der Waals surface area contributed by atoms with Crippen molar-refractivity contribution in [2.75, 3.05) is 0 Å². The van der Waals surface area contributed by atoms with E-state index < -0.39 is 5.60 Å². The fourth-order valence-corrected chi connectivity index (χ4v) is 2.84. The van der Waals surface area contributed by atoms with Crippen LogP contribution in [0.25, 0.3) is 0 Å². The van der Waals surface area contributed by atoms with E-state index in [4.69, 9.17) is 4.74 Å². The Kier molecular flexibility index (Phi) is 4.99. The van der Waals surface area contributed by atoms with Gasteiger partial charge in [-0.25, -0.2) is 0 Å². The number of esters is 1. The third kappa shape index (κ3) is 3.21. The average Bonchev–Trinajstić information content (AvgIpc) is 2.31. The Hall–Kier alpha value is -0.570. The van der Waals surface area contributed by atoms with Crippen LogP contribution in [0, 0.1) is 11.8 Å². The van der Waals surface area contributed by atoms with Crippen molar-refractivity contribution >= 4 is 21.9 Å². The monoisotopic (exact) mass is 300 g/mol. The molecule has 2 nitrogen and oxygen atoms in total. The van der Waals surface area contributed by atoms with Gasteiger partial charge < -0.3 is 4.74 Å². The highest BCUT2D eigenvalue weighted by atomic mass is 79.9. The van der Waals surface area contributed by atoms with E-state index in [9.17, 15) is 4.79 Å². The molecular weight excluding hydrogens is 280 g/mol. The summed E-state index contributed by atoms with van der Waals surface area (Å²) in [6.45, 7) is 10.0. The van der Waals surface area contributed by atoms with Crippen molar-refractivity contribution in [1.29, 1.82) is 0 Å². The molecular formula is C14H21BrO2. The van der Waals surface area contributed by atoms with Gasteiger partial charge in [-0.05, 0) is 30.8 Å². The van der Waals surface area contributed by atoms with E-state index in [2.05, 4.69) is 42.4 Å². The van der Waals surface area contributed by atoms with Gasteiger partial charge in [0.05, 0.1) is 0 Å². The van der Waals surface area contributed by atoms with E-state index in [0.717, 1.165) is 17.3 Å². The lowest BCUT2D eigenvalue weighted by atomic mass is 9.80. The summed E-state index contributed by atoms with van der Waals surface area (Å²) in [6.07, 6.45) is 6.12. The molecule has 1 aliphatic carbocycles. The molecule has 1 aliphatic rings. The van der Waals surface area contributed by atoms with Crippen molar-refractivity contribution < 1.29 is 9.53 Å². The van der Waals surface area contributed by atoms with Gasteiger partial charge in [-0.15, -0.1) is 0 Å². The minimum Gasteiger partial charge on any atom is -0.449 e. The molecule has 0 aromatic heterocycles. The van der Waals surface area contributed by atoms with Crippen LogP contribution in [0.1, 0.15) is 40.0 Å². The lowest BCUT2D eigenvalue weighted by molar-refractivity contribution is -0.152. The molecule has 17 heavy (non-hydrogen) atoms. The molecule has 0 saturated heterocycles. The third-order valence-electron chi connectivity index (χ3n) is 3.38. The van der Waals surface area contributed by atoms with Gasteiger partial charge in [-0.2, -0.15) is 0 Å². The number of allylic oxidation sites excluding steroid dienone is 1. The first-order valence-corrected chi connectivity index (χ1v) is 6.97.